The van der Waals surface area contributed by atoms with Gasteiger partial charge in [-0.15, -0.1) is 0 Å². The third-order valence-corrected chi connectivity index (χ3v) is 6.43. The van der Waals surface area contributed by atoms with Gasteiger partial charge < -0.3 is 24.1 Å². The maximum absolute atomic E-state index is 13.8. The molecule has 4 aromatic rings. The summed E-state index contributed by atoms with van der Waals surface area (Å²) in [7, 11) is 1.48. The van der Waals surface area contributed by atoms with Gasteiger partial charge in [0.25, 0.3) is 5.91 Å². The van der Waals surface area contributed by atoms with Gasteiger partial charge in [-0.25, -0.2) is 4.79 Å². The molecule has 5 rings (SSSR count). The van der Waals surface area contributed by atoms with Gasteiger partial charge in [0.05, 0.1) is 30.9 Å². The number of fused-ring (bicyclic) bond motifs is 1. The normalized spacial score (nSPS) is 15.2. The molecule has 1 aliphatic rings. The number of carbonyl (C=O) groups excluding carboxylic acids is 3. The highest BCUT2D eigenvalue weighted by Gasteiger charge is 2.45. The minimum atomic E-state index is -1.04. The molecule has 0 fully saturated rings. The van der Waals surface area contributed by atoms with E-state index in [-0.39, 0.29) is 23.7 Å². The van der Waals surface area contributed by atoms with E-state index in [0.29, 0.717) is 40.0 Å². The number of amides is 1. The van der Waals surface area contributed by atoms with Gasteiger partial charge in [-0.2, -0.15) is 0 Å². The highest BCUT2D eigenvalue weighted by Crippen LogP contribution is 2.43. The molecule has 0 radical (unpaired) electrons. The first-order valence-corrected chi connectivity index (χ1v) is 12.3. The summed E-state index contributed by atoms with van der Waals surface area (Å²) < 4.78 is 16.3. The summed E-state index contributed by atoms with van der Waals surface area (Å²) in [4.78, 5) is 40.7. The summed E-state index contributed by atoms with van der Waals surface area (Å²) >= 11 is 0. The summed E-state index contributed by atoms with van der Waals surface area (Å²) in [6.07, 6.45) is 0.681. The first kappa shape index (κ1) is 25.6. The number of furan rings is 1. The van der Waals surface area contributed by atoms with E-state index in [2.05, 4.69) is 0 Å². The molecule has 1 unspecified atom stereocenters. The molecule has 39 heavy (non-hydrogen) atoms. The largest absolute Gasteiger partial charge is 0.508 e. The maximum Gasteiger partial charge on any atom is 0.338 e. The van der Waals surface area contributed by atoms with Crippen molar-refractivity contribution in [1.29, 1.82) is 0 Å². The number of phenolic OH excluding ortho intramolecular Hbond substituents is 1. The zero-order valence-electron chi connectivity index (χ0n) is 21.2. The van der Waals surface area contributed by atoms with Crippen molar-refractivity contribution < 1.29 is 38.5 Å². The van der Waals surface area contributed by atoms with Crippen LogP contribution in [0.3, 0.4) is 0 Å². The lowest BCUT2D eigenvalue weighted by Gasteiger charge is -2.27. The Morgan fingerprint density at radius 3 is 2.38 bits per heavy atom. The minimum absolute atomic E-state index is 0.00461. The van der Waals surface area contributed by atoms with E-state index in [1.807, 2.05) is 6.92 Å². The summed E-state index contributed by atoms with van der Waals surface area (Å²) in [5, 5.41) is 21.5. The van der Waals surface area contributed by atoms with Crippen LogP contribution in [0.1, 0.15) is 45.9 Å². The lowest BCUT2D eigenvalue weighted by molar-refractivity contribution is -0.117. The van der Waals surface area contributed by atoms with Crippen molar-refractivity contribution in [3.8, 4) is 11.5 Å². The molecular weight excluding hydrogens is 502 g/mol. The van der Waals surface area contributed by atoms with E-state index in [1.54, 1.807) is 42.5 Å². The fourth-order valence-electron chi connectivity index (χ4n) is 4.55. The Bertz CT molecular complexity index is 1600. The third kappa shape index (κ3) is 4.59. The zero-order valence-corrected chi connectivity index (χ0v) is 21.2. The lowest BCUT2D eigenvalue weighted by Crippen LogP contribution is -2.31. The van der Waals surface area contributed by atoms with Crippen LogP contribution in [-0.2, 0) is 9.53 Å². The van der Waals surface area contributed by atoms with Crippen LogP contribution in [0.5, 0.6) is 11.5 Å². The molecule has 1 aromatic heterocycles. The van der Waals surface area contributed by atoms with Crippen molar-refractivity contribution in [2.75, 3.05) is 18.6 Å². The summed E-state index contributed by atoms with van der Waals surface area (Å²) in [6, 6.07) is 17.8. The zero-order chi connectivity index (χ0) is 27.7. The number of nitrogens with zero attached hydrogens (tertiary/aromatic N) is 1. The van der Waals surface area contributed by atoms with Crippen LogP contribution < -0.4 is 9.64 Å². The Balaban J connectivity index is 1.57. The van der Waals surface area contributed by atoms with Gasteiger partial charge in [-0.05, 0) is 60.5 Å². The lowest BCUT2D eigenvalue weighted by atomic mass is 9.94. The number of methoxy groups -OCH3 is 1. The van der Waals surface area contributed by atoms with E-state index in [9.17, 15) is 24.6 Å². The molecular formula is C30H25NO8. The van der Waals surface area contributed by atoms with Crippen LogP contribution in [-0.4, -0.2) is 41.6 Å². The average molecular weight is 528 g/mol. The molecule has 9 nitrogen and oxygen atoms in total. The van der Waals surface area contributed by atoms with E-state index in [4.69, 9.17) is 13.9 Å². The number of hydrogen-bond acceptors (Lipinski definition) is 8. The van der Waals surface area contributed by atoms with Crippen molar-refractivity contribution in [3.05, 3.63) is 101 Å². The highest BCUT2D eigenvalue weighted by molar-refractivity contribution is 6.20. The predicted octanol–water partition coefficient (Wildman–Crippen LogP) is 5.50. The summed E-state index contributed by atoms with van der Waals surface area (Å²) in [6.45, 7) is 2.17. The SMILES string of the molecule is CCCOC(=O)c1ccc(N2C(=O)C(O)=C(C(=O)c3cc4cccc(OC)c4o3)C2c2ccc(O)cc2)cc1. The molecule has 2 heterocycles. The van der Waals surface area contributed by atoms with Crippen LogP contribution in [0.4, 0.5) is 5.69 Å². The van der Waals surface area contributed by atoms with Crippen LogP contribution in [0.2, 0.25) is 0 Å². The Kier molecular flexibility index (Phi) is 6.81. The monoisotopic (exact) mass is 527 g/mol. The van der Waals surface area contributed by atoms with Gasteiger partial charge in [-0.1, -0.05) is 31.2 Å². The summed E-state index contributed by atoms with van der Waals surface area (Å²) in [5.41, 5.74) is 1.27. The number of rotatable bonds is 8. The second-order valence-corrected chi connectivity index (χ2v) is 8.93. The Labute approximate surface area is 223 Å². The average Bonchev–Trinajstić information content (AvgIpc) is 3.51. The predicted molar refractivity (Wildman–Crippen MR) is 142 cm³/mol. The Morgan fingerprint density at radius 1 is 1.00 bits per heavy atom. The number of esters is 1. The maximum atomic E-state index is 13.8. The van der Waals surface area contributed by atoms with Gasteiger partial charge in [-0.3, -0.25) is 14.5 Å². The van der Waals surface area contributed by atoms with Crippen LogP contribution in [0.25, 0.3) is 11.0 Å². The van der Waals surface area contributed by atoms with E-state index >= 15 is 0 Å². The number of ether oxygens (including phenoxy) is 2. The van der Waals surface area contributed by atoms with Crippen molar-refractivity contribution in [2.45, 2.75) is 19.4 Å². The van der Waals surface area contributed by atoms with E-state index < -0.39 is 29.5 Å². The number of aliphatic hydroxyl groups is 1. The number of aromatic hydroxyl groups is 1. The highest BCUT2D eigenvalue weighted by atomic mass is 16.5. The number of para-hydroxylation sites is 1. The molecule has 2 N–H and O–H groups in total. The summed E-state index contributed by atoms with van der Waals surface area (Å²) in [5.74, 6) is -2.36. The number of aliphatic hydroxyl groups excluding tert-OH is 1. The van der Waals surface area contributed by atoms with Gasteiger partial charge in [0.2, 0.25) is 5.78 Å². The van der Waals surface area contributed by atoms with Crippen molar-refractivity contribution in [2.24, 2.45) is 0 Å². The van der Waals surface area contributed by atoms with Crippen LogP contribution in [0, 0.1) is 0 Å². The fourth-order valence-corrected chi connectivity index (χ4v) is 4.55. The van der Waals surface area contributed by atoms with E-state index in [1.165, 1.54) is 42.3 Å². The van der Waals surface area contributed by atoms with Crippen molar-refractivity contribution in [3.63, 3.8) is 0 Å². The molecule has 0 saturated carbocycles. The van der Waals surface area contributed by atoms with Gasteiger partial charge in [0.15, 0.2) is 22.9 Å². The molecule has 1 atom stereocenters. The third-order valence-electron chi connectivity index (χ3n) is 6.43. The molecule has 1 aliphatic heterocycles. The van der Waals surface area contributed by atoms with E-state index in [0.717, 1.165) is 0 Å². The molecule has 0 bridgehead atoms. The Morgan fingerprint density at radius 2 is 1.72 bits per heavy atom. The standard InChI is InChI=1S/C30H25NO8/c1-3-15-38-30(36)18-7-11-20(12-8-18)31-25(17-9-13-21(32)14-10-17)24(27(34)29(31)35)26(33)23-16-19-5-4-6-22(37-2)28(19)39-23/h4-14,16,25,32,34H,3,15H2,1-2H3. The van der Waals surface area contributed by atoms with Gasteiger partial charge in [0.1, 0.15) is 5.75 Å². The number of carbonyl (C=O) groups is 3. The van der Waals surface area contributed by atoms with Crippen LogP contribution >= 0.6 is 0 Å². The topological polar surface area (TPSA) is 127 Å². The molecule has 0 spiro atoms. The number of hydrogen-bond donors (Lipinski definition) is 2. The van der Waals surface area contributed by atoms with Gasteiger partial charge in [0, 0.05) is 11.1 Å². The number of benzene rings is 3. The second-order valence-electron chi connectivity index (χ2n) is 8.93. The number of anilines is 1. The molecule has 198 valence electrons. The van der Waals surface area contributed by atoms with Gasteiger partial charge >= 0.3 is 5.97 Å². The fraction of sp³-hybridized carbons (Fsp3) is 0.167. The number of Topliss-reactive ketones (excluding diaryl/α,β-unsaturated/α-hetero) is 1. The van der Waals surface area contributed by atoms with Crippen molar-refractivity contribution in [1.82, 2.24) is 0 Å². The first-order valence-electron chi connectivity index (χ1n) is 12.3. The molecule has 0 saturated heterocycles. The molecule has 1 amide bonds. The molecule has 3 aromatic carbocycles. The number of ketones is 1. The first-order chi connectivity index (χ1) is 18.8. The van der Waals surface area contributed by atoms with Crippen molar-refractivity contribution >= 4 is 34.3 Å². The minimum Gasteiger partial charge on any atom is -0.508 e. The number of phenols is 1. The Hall–Kier alpha value is -5.05. The smallest absolute Gasteiger partial charge is 0.338 e. The quantitative estimate of drug-likeness (QED) is 0.227. The molecule has 0 aliphatic carbocycles. The molecule has 9 heteroatoms. The second kappa shape index (κ2) is 10.4. The van der Waals surface area contributed by atoms with Crippen LogP contribution in [0.15, 0.2) is 88.5 Å².